The maximum absolute atomic E-state index is 5.23. The Kier molecular flexibility index (Phi) is 5.91. The van der Waals surface area contributed by atoms with Gasteiger partial charge in [-0.1, -0.05) is 12.1 Å². The van der Waals surface area contributed by atoms with Crippen LogP contribution in [0.1, 0.15) is 37.3 Å². The smallest absolute Gasteiger partial charge is 0.118 e. The van der Waals surface area contributed by atoms with E-state index in [4.69, 9.17) is 4.74 Å². The average Bonchev–Trinajstić information content (AvgIpc) is 3.08. The fourth-order valence-electron chi connectivity index (χ4n) is 3.61. The Morgan fingerprint density at radius 1 is 1.21 bits per heavy atom. The first-order chi connectivity index (χ1) is 11.8. The highest BCUT2D eigenvalue weighted by molar-refractivity contribution is 5.27. The quantitative estimate of drug-likeness (QED) is 0.776. The van der Waals surface area contributed by atoms with Crippen molar-refractivity contribution in [3.63, 3.8) is 0 Å². The van der Waals surface area contributed by atoms with E-state index in [1.165, 1.54) is 43.5 Å². The summed E-state index contributed by atoms with van der Waals surface area (Å²) in [7, 11) is 1.72. The lowest BCUT2D eigenvalue weighted by Crippen LogP contribution is -2.35. The van der Waals surface area contributed by atoms with Gasteiger partial charge in [-0.3, -0.25) is 9.58 Å². The maximum Gasteiger partial charge on any atom is 0.118 e. The third kappa shape index (κ3) is 4.60. The van der Waals surface area contributed by atoms with Gasteiger partial charge in [-0.05, 0) is 62.8 Å². The van der Waals surface area contributed by atoms with Gasteiger partial charge in [-0.15, -0.1) is 0 Å². The molecule has 4 nitrogen and oxygen atoms in total. The summed E-state index contributed by atoms with van der Waals surface area (Å²) in [4.78, 5) is 2.60. The predicted octanol–water partition coefficient (Wildman–Crippen LogP) is 3.76. The normalized spacial score (nSPS) is 18.7. The van der Waals surface area contributed by atoms with Gasteiger partial charge in [0.25, 0.3) is 0 Å². The van der Waals surface area contributed by atoms with E-state index in [1.54, 1.807) is 7.11 Å². The molecule has 1 aromatic carbocycles. The molecule has 1 atom stereocenters. The van der Waals surface area contributed by atoms with Crippen LogP contribution in [-0.4, -0.2) is 34.9 Å². The third-order valence-electron chi connectivity index (χ3n) is 5.02. The molecule has 130 valence electrons. The van der Waals surface area contributed by atoms with Gasteiger partial charge in [0.1, 0.15) is 5.75 Å². The van der Waals surface area contributed by atoms with E-state index >= 15 is 0 Å². The van der Waals surface area contributed by atoms with Crippen molar-refractivity contribution in [2.24, 2.45) is 5.92 Å². The van der Waals surface area contributed by atoms with Crippen LogP contribution in [0.2, 0.25) is 0 Å². The Balaban J connectivity index is 1.47. The number of ether oxygens (including phenoxy) is 1. The van der Waals surface area contributed by atoms with E-state index in [1.807, 2.05) is 10.9 Å². The van der Waals surface area contributed by atoms with E-state index in [0.717, 1.165) is 31.2 Å². The zero-order valence-corrected chi connectivity index (χ0v) is 14.9. The summed E-state index contributed by atoms with van der Waals surface area (Å²) in [6, 6.07) is 8.51. The minimum absolute atomic E-state index is 0.807. The minimum Gasteiger partial charge on any atom is -0.497 e. The molecule has 0 amide bonds. The Bertz CT molecular complexity index is 620. The number of aryl methyl sites for hydroxylation is 2. The molecule has 4 heteroatoms. The van der Waals surface area contributed by atoms with E-state index in [2.05, 4.69) is 47.4 Å². The first kappa shape index (κ1) is 17.0. The van der Waals surface area contributed by atoms with Crippen molar-refractivity contribution in [2.75, 3.05) is 20.2 Å². The van der Waals surface area contributed by atoms with Crippen LogP contribution in [0, 0.1) is 5.92 Å². The zero-order chi connectivity index (χ0) is 16.8. The fraction of sp³-hybridized carbons (Fsp3) is 0.550. The number of piperidine rings is 1. The van der Waals surface area contributed by atoms with Crippen LogP contribution >= 0.6 is 0 Å². The van der Waals surface area contributed by atoms with Crippen LogP contribution in [0.25, 0.3) is 0 Å². The molecule has 1 fully saturated rings. The van der Waals surface area contributed by atoms with Crippen LogP contribution in [0.3, 0.4) is 0 Å². The number of hydrogen-bond donors (Lipinski definition) is 0. The molecule has 0 N–H and O–H groups in total. The summed E-state index contributed by atoms with van der Waals surface area (Å²) in [5.41, 5.74) is 2.75. The van der Waals surface area contributed by atoms with Gasteiger partial charge in [0, 0.05) is 31.4 Å². The number of aromatic nitrogens is 2. The number of hydrogen-bond acceptors (Lipinski definition) is 3. The second kappa shape index (κ2) is 8.34. The molecule has 24 heavy (non-hydrogen) atoms. The number of benzene rings is 1. The Labute approximate surface area is 145 Å². The first-order valence-corrected chi connectivity index (χ1v) is 9.13. The fourth-order valence-corrected chi connectivity index (χ4v) is 3.61. The number of likely N-dealkylation sites (tertiary alicyclic amines) is 1. The van der Waals surface area contributed by atoms with Gasteiger partial charge < -0.3 is 4.74 Å². The molecular weight excluding hydrogens is 298 g/mol. The Morgan fingerprint density at radius 3 is 2.75 bits per heavy atom. The monoisotopic (exact) mass is 327 g/mol. The molecule has 0 saturated carbocycles. The molecule has 0 bridgehead atoms. The summed E-state index contributed by atoms with van der Waals surface area (Å²) in [6.45, 7) is 6.56. The molecular formula is C20H29N3O. The molecule has 0 radical (unpaired) electrons. The van der Waals surface area contributed by atoms with E-state index in [-0.39, 0.29) is 0 Å². The minimum atomic E-state index is 0.807. The van der Waals surface area contributed by atoms with Crippen molar-refractivity contribution in [1.82, 2.24) is 14.7 Å². The van der Waals surface area contributed by atoms with Crippen LogP contribution in [0.15, 0.2) is 36.7 Å². The average molecular weight is 327 g/mol. The van der Waals surface area contributed by atoms with Gasteiger partial charge in [0.05, 0.1) is 13.3 Å². The van der Waals surface area contributed by atoms with Crippen molar-refractivity contribution in [3.05, 3.63) is 47.8 Å². The molecule has 3 rings (SSSR count). The standard InChI is InChI=1S/C20H29N3O/c1-3-23-16-19(13-21-23)15-22-12-4-5-18(14-22)7-6-17-8-10-20(24-2)11-9-17/h8-11,13,16,18H,3-7,12,14-15H2,1-2H3/t18-/m1/s1. The SMILES string of the molecule is CCn1cc(CN2CCC[C@H](CCc3ccc(OC)cc3)C2)cn1. The molecule has 0 spiro atoms. The maximum atomic E-state index is 5.23. The lowest BCUT2D eigenvalue weighted by molar-refractivity contribution is 0.162. The van der Waals surface area contributed by atoms with Gasteiger partial charge in [-0.2, -0.15) is 5.10 Å². The van der Waals surface area contributed by atoms with E-state index in [0.29, 0.717) is 0 Å². The summed E-state index contributed by atoms with van der Waals surface area (Å²) in [5, 5.41) is 4.39. The van der Waals surface area contributed by atoms with E-state index in [9.17, 15) is 0 Å². The number of methoxy groups -OCH3 is 1. The highest BCUT2D eigenvalue weighted by Crippen LogP contribution is 2.23. The summed E-state index contributed by atoms with van der Waals surface area (Å²) >= 11 is 0. The summed E-state index contributed by atoms with van der Waals surface area (Å²) in [6.07, 6.45) is 9.31. The van der Waals surface area contributed by atoms with Crippen molar-refractivity contribution in [3.8, 4) is 5.75 Å². The van der Waals surface area contributed by atoms with Crippen LogP contribution < -0.4 is 4.74 Å². The van der Waals surface area contributed by atoms with Crippen molar-refractivity contribution >= 4 is 0 Å². The summed E-state index contributed by atoms with van der Waals surface area (Å²) < 4.78 is 7.24. The largest absolute Gasteiger partial charge is 0.497 e. The molecule has 2 aromatic rings. The van der Waals surface area contributed by atoms with Gasteiger partial charge in [0.2, 0.25) is 0 Å². The number of nitrogens with zero attached hydrogens (tertiary/aromatic N) is 3. The Hall–Kier alpha value is -1.81. The molecule has 1 saturated heterocycles. The predicted molar refractivity (Wildman–Crippen MR) is 97.2 cm³/mol. The Morgan fingerprint density at radius 2 is 2.04 bits per heavy atom. The van der Waals surface area contributed by atoms with Crippen molar-refractivity contribution in [1.29, 1.82) is 0 Å². The second-order valence-electron chi connectivity index (χ2n) is 6.83. The van der Waals surface area contributed by atoms with Gasteiger partial charge in [0.15, 0.2) is 0 Å². The topological polar surface area (TPSA) is 30.3 Å². The number of rotatable bonds is 7. The van der Waals surface area contributed by atoms with Crippen molar-refractivity contribution < 1.29 is 4.74 Å². The van der Waals surface area contributed by atoms with Crippen LogP contribution in [0.5, 0.6) is 5.75 Å². The molecule has 1 aromatic heterocycles. The molecule has 1 aliphatic rings. The van der Waals surface area contributed by atoms with Crippen LogP contribution in [0.4, 0.5) is 0 Å². The van der Waals surface area contributed by atoms with Crippen molar-refractivity contribution in [2.45, 2.75) is 45.7 Å². The summed E-state index contributed by atoms with van der Waals surface area (Å²) in [5.74, 6) is 1.75. The molecule has 0 aliphatic carbocycles. The van der Waals surface area contributed by atoms with Gasteiger partial charge >= 0.3 is 0 Å². The molecule has 2 heterocycles. The lowest BCUT2D eigenvalue weighted by Gasteiger charge is -2.32. The third-order valence-corrected chi connectivity index (χ3v) is 5.02. The first-order valence-electron chi connectivity index (χ1n) is 9.13. The lowest BCUT2D eigenvalue weighted by atomic mass is 9.91. The molecule has 0 unspecified atom stereocenters. The zero-order valence-electron chi connectivity index (χ0n) is 14.9. The highest BCUT2D eigenvalue weighted by atomic mass is 16.5. The van der Waals surface area contributed by atoms with E-state index < -0.39 is 0 Å². The highest BCUT2D eigenvalue weighted by Gasteiger charge is 2.20. The van der Waals surface area contributed by atoms with Gasteiger partial charge in [-0.25, -0.2) is 0 Å². The van der Waals surface area contributed by atoms with Crippen LogP contribution in [-0.2, 0) is 19.5 Å². The second-order valence-corrected chi connectivity index (χ2v) is 6.83. The molecule has 1 aliphatic heterocycles.